The molecule has 0 bridgehead atoms. The number of hydrogen-bond donors (Lipinski definition) is 3. The van der Waals surface area contributed by atoms with Gasteiger partial charge in [0.05, 0.1) is 12.5 Å². The van der Waals surface area contributed by atoms with E-state index < -0.39 is 23.6 Å². The van der Waals surface area contributed by atoms with Gasteiger partial charge in [-0.15, -0.1) is 0 Å². The minimum Gasteiger partial charge on any atom is -0.481 e. The molecule has 6 heteroatoms. The molecule has 2 unspecified atom stereocenters. The van der Waals surface area contributed by atoms with Crippen molar-refractivity contribution in [1.82, 2.24) is 10.9 Å². The highest BCUT2D eigenvalue weighted by atomic mass is 19.1. The normalized spacial score (nSPS) is 23.9. The standard InChI is InChI=1S/C11H12F2N2O2/c12-7-1-2-8(9(13)4-7)11-6(3-10(16)17)5-14-15-11/h1-2,4,6,11,14-15H,3,5H2,(H,16,17). The third-order valence-corrected chi connectivity index (χ3v) is 2.83. The Kier molecular flexibility index (Phi) is 3.35. The van der Waals surface area contributed by atoms with Crippen LogP contribution in [0.25, 0.3) is 0 Å². The molecular weight excluding hydrogens is 230 g/mol. The molecule has 3 N–H and O–H groups in total. The van der Waals surface area contributed by atoms with E-state index >= 15 is 0 Å². The first-order valence-corrected chi connectivity index (χ1v) is 5.23. The van der Waals surface area contributed by atoms with Crippen molar-refractivity contribution in [2.45, 2.75) is 12.5 Å². The maximum Gasteiger partial charge on any atom is 0.303 e. The molecule has 92 valence electrons. The molecule has 0 saturated carbocycles. The third kappa shape index (κ3) is 2.59. The first-order chi connectivity index (χ1) is 8.08. The van der Waals surface area contributed by atoms with Gasteiger partial charge in [0.25, 0.3) is 0 Å². The van der Waals surface area contributed by atoms with Crippen LogP contribution < -0.4 is 10.9 Å². The van der Waals surface area contributed by atoms with Crippen molar-refractivity contribution in [3.63, 3.8) is 0 Å². The second-order valence-corrected chi connectivity index (χ2v) is 4.03. The van der Waals surface area contributed by atoms with Crippen molar-refractivity contribution < 1.29 is 18.7 Å². The van der Waals surface area contributed by atoms with Gasteiger partial charge in [-0.25, -0.2) is 14.2 Å². The molecule has 2 rings (SSSR count). The number of hydrogen-bond acceptors (Lipinski definition) is 3. The van der Waals surface area contributed by atoms with Gasteiger partial charge < -0.3 is 5.11 Å². The summed E-state index contributed by atoms with van der Waals surface area (Å²) in [7, 11) is 0. The fourth-order valence-corrected chi connectivity index (χ4v) is 2.04. The summed E-state index contributed by atoms with van der Waals surface area (Å²) in [5.41, 5.74) is 5.89. The van der Waals surface area contributed by atoms with Gasteiger partial charge in [0.15, 0.2) is 0 Å². The highest BCUT2D eigenvalue weighted by Gasteiger charge is 2.31. The largest absolute Gasteiger partial charge is 0.481 e. The lowest BCUT2D eigenvalue weighted by Gasteiger charge is -2.17. The SMILES string of the molecule is O=C(O)CC1CNNC1c1ccc(F)cc1F. The van der Waals surface area contributed by atoms with Crippen LogP contribution in [0.3, 0.4) is 0 Å². The molecule has 17 heavy (non-hydrogen) atoms. The molecule has 0 spiro atoms. The van der Waals surface area contributed by atoms with E-state index in [0.29, 0.717) is 6.54 Å². The van der Waals surface area contributed by atoms with Crippen LogP contribution in [0.5, 0.6) is 0 Å². The molecule has 0 radical (unpaired) electrons. The minimum atomic E-state index is -0.937. The molecule has 1 heterocycles. The van der Waals surface area contributed by atoms with Gasteiger partial charge in [0.2, 0.25) is 0 Å². The van der Waals surface area contributed by atoms with Crippen LogP contribution in [0.1, 0.15) is 18.0 Å². The molecule has 1 saturated heterocycles. The van der Waals surface area contributed by atoms with Crippen molar-refractivity contribution in [2.75, 3.05) is 6.54 Å². The minimum absolute atomic E-state index is 0.0680. The lowest BCUT2D eigenvalue weighted by Crippen LogP contribution is -2.26. The first kappa shape index (κ1) is 11.9. The van der Waals surface area contributed by atoms with Crippen molar-refractivity contribution in [2.24, 2.45) is 5.92 Å². The van der Waals surface area contributed by atoms with Gasteiger partial charge in [-0.3, -0.25) is 10.2 Å². The van der Waals surface area contributed by atoms with Crippen LogP contribution in [0, 0.1) is 17.6 Å². The number of rotatable bonds is 3. The Labute approximate surface area is 96.6 Å². The number of carbonyl (C=O) groups is 1. The van der Waals surface area contributed by atoms with E-state index in [1.165, 1.54) is 6.07 Å². The van der Waals surface area contributed by atoms with Gasteiger partial charge >= 0.3 is 5.97 Å². The maximum atomic E-state index is 13.6. The van der Waals surface area contributed by atoms with Gasteiger partial charge in [-0.05, 0) is 6.07 Å². The Morgan fingerprint density at radius 1 is 1.47 bits per heavy atom. The second-order valence-electron chi connectivity index (χ2n) is 4.03. The zero-order valence-electron chi connectivity index (χ0n) is 8.91. The average Bonchev–Trinajstić information content (AvgIpc) is 2.65. The molecule has 2 atom stereocenters. The Morgan fingerprint density at radius 3 is 2.88 bits per heavy atom. The monoisotopic (exact) mass is 242 g/mol. The predicted molar refractivity (Wildman–Crippen MR) is 56.0 cm³/mol. The topological polar surface area (TPSA) is 61.4 Å². The van der Waals surface area contributed by atoms with E-state index in [2.05, 4.69) is 10.9 Å². The van der Waals surface area contributed by atoms with Gasteiger partial charge in [-0.1, -0.05) is 6.07 Å². The van der Waals surface area contributed by atoms with Gasteiger partial charge in [0.1, 0.15) is 11.6 Å². The van der Waals surface area contributed by atoms with Crippen molar-refractivity contribution >= 4 is 5.97 Å². The number of nitrogens with one attached hydrogen (secondary N) is 2. The summed E-state index contributed by atoms with van der Waals surface area (Å²) < 4.78 is 26.3. The number of carboxylic acid groups (broad SMARTS) is 1. The average molecular weight is 242 g/mol. The summed E-state index contributed by atoms with van der Waals surface area (Å²) in [6.45, 7) is 0.438. The number of halogens is 2. The molecule has 0 aromatic heterocycles. The smallest absolute Gasteiger partial charge is 0.303 e. The third-order valence-electron chi connectivity index (χ3n) is 2.83. The number of carboxylic acids is 1. The van der Waals surface area contributed by atoms with Gasteiger partial charge in [-0.2, -0.15) is 0 Å². The summed E-state index contributed by atoms with van der Waals surface area (Å²) in [6, 6.07) is 2.85. The zero-order chi connectivity index (χ0) is 12.4. The Balaban J connectivity index is 2.23. The fourth-order valence-electron chi connectivity index (χ4n) is 2.04. The van der Waals surface area contributed by atoms with E-state index in [4.69, 9.17) is 5.11 Å². The van der Waals surface area contributed by atoms with E-state index in [1.54, 1.807) is 0 Å². The molecule has 1 aromatic rings. The first-order valence-electron chi connectivity index (χ1n) is 5.23. The van der Waals surface area contributed by atoms with Crippen molar-refractivity contribution in [3.8, 4) is 0 Å². The molecule has 1 aliphatic rings. The quantitative estimate of drug-likeness (QED) is 0.745. The van der Waals surface area contributed by atoms with E-state index in [-0.39, 0.29) is 17.9 Å². The Bertz CT molecular complexity index is 439. The second kappa shape index (κ2) is 4.77. The predicted octanol–water partition coefficient (Wildman–Crippen LogP) is 1.20. The van der Waals surface area contributed by atoms with Crippen molar-refractivity contribution in [1.29, 1.82) is 0 Å². The molecular formula is C11H12F2N2O2. The lowest BCUT2D eigenvalue weighted by atomic mass is 9.92. The van der Waals surface area contributed by atoms with Crippen molar-refractivity contribution in [3.05, 3.63) is 35.4 Å². The van der Waals surface area contributed by atoms with Gasteiger partial charge in [0, 0.05) is 24.1 Å². The number of aliphatic carboxylic acids is 1. The van der Waals surface area contributed by atoms with Crippen LogP contribution in [0.15, 0.2) is 18.2 Å². The highest BCUT2D eigenvalue weighted by Crippen LogP contribution is 2.29. The number of hydrazine groups is 1. The Hall–Kier alpha value is -1.53. The summed E-state index contributed by atoms with van der Waals surface area (Å²) in [4.78, 5) is 10.7. The van der Waals surface area contributed by atoms with E-state index in [1.807, 2.05) is 0 Å². The van der Waals surface area contributed by atoms with E-state index in [0.717, 1.165) is 12.1 Å². The van der Waals surface area contributed by atoms with Crippen LogP contribution in [-0.2, 0) is 4.79 Å². The van der Waals surface area contributed by atoms with E-state index in [9.17, 15) is 13.6 Å². The molecule has 1 fully saturated rings. The molecule has 4 nitrogen and oxygen atoms in total. The van der Waals surface area contributed by atoms with Crippen LogP contribution in [0.2, 0.25) is 0 Å². The summed E-state index contributed by atoms with van der Waals surface area (Å²) >= 11 is 0. The summed E-state index contributed by atoms with van der Waals surface area (Å²) in [5, 5.41) is 8.74. The summed E-state index contributed by atoms with van der Waals surface area (Å²) in [6.07, 6.45) is -0.0680. The molecule has 1 aromatic carbocycles. The summed E-state index contributed by atoms with van der Waals surface area (Å²) in [5.74, 6) is -2.51. The molecule has 0 aliphatic carbocycles. The van der Waals surface area contributed by atoms with Crippen LogP contribution >= 0.6 is 0 Å². The fraction of sp³-hybridized carbons (Fsp3) is 0.364. The molecule has 1 aliphatic heterocycles. The van der Waals surface area contributed by atoms with Crippen LogP contribution in [-0.4, -0.2) is 17.6 Å². The lowest BCUT2D eigenvalue weighted by molar-refractivity contribution is -0.138. The van der Waals surface area contributed by atoms with Crippen LogP contribution in [0.4, 0.5) is 8.78 Å². The Morgan fingerprint density at radius 2 is 2.24 bits per heavy atom. The zero-order valence-corrected chi connectivity index (χ0v) is 8.91. The maximum absolute atomic E-state index is 13.6. The number of benzene rings is 1. The highest BCUT2D eigenvalue weighted by molar-refractivity contribution is 5.67. The molecule has 0 amide bonds.